The number of rotatable bonds is 6. The Morgan fingerprint density at radius 2 is 2.33 bits per heavy atom. The molecule has 0 spiro atoms. The summed E-state index contributed by atoms with van der Waals surface area (Å²) in [6, 6.07) is 1.81. The number of pyridine rings is 1. The van der Waals surface area contributed by atoms with Gasteiger partial charge in [0.15, 0.2) is 5.75 Å². The molecule has 0 bridgehead atoms. The van der Waals surface area contributed by atoms with E-state index in [0.717, 1.165) is 4.47 Å². The molecule has 1 rings (SSSR count). The number of hydrogen-bond donors (Lipinski definition) is 1. The summed E-state index contributed by atoms with van der Waals surface area (Å²) >= 11 is 3.36. The van der Waals surface area contributed by atoms with Gasteiger partial charge in [0.2, 0.25) is 0 Å². The van der Waals surface area contributed by atoms with Gasteiger partial charge in [0.25, 0.3) is 0 Å². The predicted molar refractivity (Wildman–Crippen MR) is 71.7 cm³/mol. The van der Waals surface area contributed by atoms with E-state index in [1.807, 2.05) is 19.9 Å². The van der Waals surface area contributed by atoms with Gasteiger partial charge in [-0.2, -0.15) is 0 Å². The fraction of sp³-hybridized carbons (Fsp3) is 0.500. The number of carbonyl (C=O) groups excluding carboxylic acids is 1. The number of carbonyl (C=O) groups is 1. The molecule has 0 aromatic carbocycles. The van der Waals surface area contributed by atoms with Gasteiger partial charge >= 0.3 is 6.09 Å². The molecule has 6 heteroatoms. The molecule has 1 N–H and O–H groups in total. The number of nitrogens with one attached hydrogen (secondary N) is 1. The third-order valence-electron chi connectivity index (χ3n) is 1.92. The van der Waals surface area contributed by atoms with Crippen LogP contribution >= 0.6 is 15.9 Å². The molecule has 0 aliphatic carbocycles. The maximum atomic E-state index is 11.1. The van der Waals surface area contributed by atoms with Crippen molar-refractivity contribution in [1.29, 1.82) is 0 Å². The molecule has 0 atom stereocenters. The van der Waals surface area contributed by atoms with Crippen LogP contribution in [-0.4, -0.2) is 30.3 Å². The summed E-state index contributed by atoms with van der Waals surface area (Å²) < 4.78 is 11.3. The van der Waals surface area contributed by atoms with Crippen molar-refractivity contribution in [2.75, 3.05) is 13.2 Å². The van der Waals surface area contributed by atoms with Gasteiger partial charge < -0.3 is 14.8 Å². The average molecular weight is 317 g/mol. The SMILES string of the molecule is CC(C)OC(=O)NCCCOc1cnccc1Br. The number of halogens is 1. The maximum Gasteiger partial charge on any atom is 0.407 e. The zero-order chi connectivity index (χ0) is 13.4. The topological polar surface area (TPSA) is 60.5 Å². The van der Waals surface area contributed by atoms with Crippen molar-refractivity contribution < 1.29 is 14.3 Å². The second-order valence-corrected chi connectivity index (χ2v) is 4.74. The van der Waals surface area contributed by atoms with Crippen molar-refractivity contribution >= 4 is 22.0 Å². The fourth-order valence-electron chi connectivity index (χ4n) is 1.17. The Bertz CT molecular complexity index is 385. The zero-order valence-electron chi connectivity index (χ0n) is 10.5. The van der Waals surface area contributed by atoms with E-state index in [2.05, 4.69) is 26.2 Å². The Morgan fingerprint density at radius 3 is 3.00 bits per heavy atom. The van der Waals surface area contributed by atoms with Crippen LogP contribution in [0.4, 0.5) is 4.79 Å². The first kappa shape index (κ1) is 14.8. The van der Waals surface area contributed by atoms with E-state index >= 15 is 0 Å². The Hall–Kier alpha value is -1.30. The summed E-state index contributed by atoms with van der Waals surface area (Å²) in [6.07, 6.45) is 3.53. The standard InChI is InChI=1S/C12H17BrN2O3/c1-9(2)18-12(16)15-5-3-7-17-11-8-14-6-4-10(11)13/h4,6,8-9H,3,5,7H2,1-2H3,(H,15,16). The van der Waals surface area contributed by atoms with Crippen LogP contribution in [0, 0.1) is 0 Å². The minimum atomic E-state index is -0.396. The van der Waals surface area contributed by atoms with Gasteiger partial charge in [-0.1, -0.05) is 0 Å². The Balaban J connectivity index is 2.12. The summed E-state index contributed by atoms with van der Waals surface area (Å²) in [6.45, 7) is 4.64. The van der Waals surface area contributed by atoms with Gasteiger partial charge in [-0.05, 0) is 42.3 Å². The molecule has 1 aromatic heterocycles. The van der Waals surface area contributed by atoms with E-state index < -0.39 is 6.09 Å². The van der Waals surface area contributed by atoms with E-state index in [-0.39, 0.29) is 6.10 Å². The highest BCUT2D eigenvalue weighted by atomic mass is 79.9. The average Bonchev–Trinajstić information content (AvgIpc) is 2.30. The maximum absolute atomic E-state index is 11.1. The molecule has 0 radical (unpaired) electrons. The zero-order valence-corrected chi connectivity index (χ0v) is 12.1. The molecule has 0 unspecified atom stereocenters. The van der Waals surface area contributed by atoms with Crippen LogP contribution in [0.1, 0.15) is 20.3 Å². The lowest BCUT2D eigenvalue weighted by atomic mass is 10.4. The molecule has 0 aliphatic heterocycles. The van der Waals surface area contributed by atoms with Gasteiger partial charge in [0.05, 0.1) is 23.4 Å². The smallest absolute Gasteiger partial charge is 0.407 e. The monoisotopic (exact) mass is 316 g/mol. The first-order valence-corrected chi connectivity index (χ1v) is 6.55. The highest BCUT2D eigenvalue weighted by molar-refractivity contribution is 9.10. The van der Waals surface area contributed by atoms with E-state index in [9.17, 15) is 4.79 Å². The lowest BCUT2D eigenvalue weighted by molar-refractivity contribution is 0.115. The Morgan fingerprint density at radius 1 is 1.56 bits per heavy atom. The molecule has 1 heterocycles. The first-order chi connectivity index (χ1) is 8.59. The molecule has 0 saturated heterocycles. The lowest BCUT2D eigenvalue weighted by Gasteiger charge is -2.10. The summed E-state index contributed by atoms with van der Waals surface area (Å²) in [5.74, 6) is 0.697. The van der Waals surface area contributed by atoms with E-state index in [4.69, 9.17) is 9.47 Å². The van der Waals surface area contributed by atoms with Crippen LogP contribution in [0.3, 0.4) is 0 Å². The number of ether oxygens (including phenoxy) is 2. The number of amides is 1. The minimum absolute atomic E-state index is 0.104. The van der Waals surface area contributed by atoms with Gasteiger partial charge in [0, 0.05) is 12.7 Å². The van der Waals surface area contributed by atoms with Gasteiger partial charge in [-0.25, -0.2) is 4.79 Å². The van der Waals surface area contributed by atoms with Gasteiger partial charge in [-0.15, -0.1) is 0 Å². The number of nitrogens with zero attached hydrogens (tertiary/aromatic N) is 1. The van der Waals surface area contributed by atoms with Crippen molar-refractivity contribution in [3.63, 3.8) is 0 Å². The highest BCUT2D eigenvalue weighted by Gasteiger charge is 2.04. The number of hydrogen-bond acceptors (Lipinski definition) is 4. The summed E-state index contributed by atoms with van der Waals surface area (Å²) in [7, 11) is 0. The third-order valence-corrected chi connectivity index (χ3v) is 2.58. The predicted octanol–water partition coefficient (Wildman–Crippen LogP) is 2.75. The highest BCUT2D eigenvalue weighted by Crippen LogP contribution is 2.22. The molecule has 0 aliphatic rings. The first-order valence-electron chi connectivity index (χ1n) is 5.76. The Labute approximate surface area is 115 Å². The molecular weight excluding hydrogens is 300 g/mol. The molecule has 1 amide bonds. The number of alkyl carbamates (subject to hydrolysis) is 1. The van der Waals surface area contributed by atoms with Crippen LogP contribution < -0.4 is 10.1 Å². The second kappa shape index (κ2) is 7.92. The van der Waals surface area contributed by atoms with Crippen LogP contribution in [0.5, 0.6) is 5.75 Å². The number of aromatic nitrogens is 1. The molecule has 1 aromatic rings. The minimum Gasteiger partial charge on any atom is -0.491 e. The van der Waals surface area contributed by atoms with Crippen molar-refractivity contribution in [3.8, 4) is 5.75 Å². The van der Waals surface area contributed by atoms with E-state index in [1.165, 1.54) is 0 Å². The third kappa shape index (κ3) is 5.86. The van der Waals surface area contributed by atoms with Crippen LogP contribution in [-0.2, 0) is 4.74 Å². The second-order valence-electron chi connectivity index (χ2n) is 3.89. The summed E-state index contributed by atoms with van der Waals surface area (Å²) in [4.78, 5) is 15.1. The normalized spacial score (nSPS) is 10.2. The molecule has 18 heavy (non-hydrogen) atoms. The molecule has 5 nitrogen and oxygen atoms in total. The van der Waals surface area contributed by atoms with Crippen LogP contribution in [0.2, 0.25) is 0 Å². The van der Waals surface area contributed by atoms with Gasteiger partial charge in [0.1, 0.15) is 0 Å². The Kier molecular flexibility index (Phi) is 6.49. The van der Waals surface area contributed by atoms with Crippen molar-refractivity contribution in [3.05, 3.63) is 22.9 Å². The summed E-state index contributed by atoms with van der Waals surface area (Å²) in [5, 5.41) is 2.65. The van der Waals surface area contributed by atoms with E-state index in [0.29, 0.717) is 25.3 Å². The molecule has 0 saturated carbocycles. The van der Waals surface area contributed by atoms with Crippen LogP contribution in [0.15, 0.2) is 22.9 Å². The van der Waals surface area contributed by atoms with Crippen molar-refractivity contribution in [1.82, 2.24) is 10.3 Å². The van der Waals surface area contributed by atoms with Crippen molar-refractivity contribution in [2.24, 2.45) is 0 Å². The fourth-order valence-corrected chi connectivity index (χ4v) is 1.50. The molecular formula is C12H17BrN2O3. The lowest BCUT2D eigenvalue weighted by Crippen LogP contribution is -2.28. The van der Waals surface area contributed by atoms with E-state index in [1.54, 1.807) is 12.4 Å². The summed E-state index contributed by atoms with van der Waals surface area (Å²) in [5.41, 5.74) is 0. The molecule has 0 fully saturated rings. The quantitative estimate of drug-likeness (QED) is 0.820. The van der Waals surface area contributed by atoms with Crippen molar-refractivity contribution in [2.45, 2.75) is 26.4 Å². The largest absolute Gasteiger partial charge is 0.491 e. The van der Waals surface area contributed by atoms with Gasteiger partial charge in [-0.3, -0.25) is 4.98 Å². The molecule has 100 valence electrons. The van der Waals surface area contributed by atoms with Crippen LogP contribution in [0.25, 0.3) is 0 Å².